The third-order valence-corrected chi connectivity index (χ3v) is 4.72. The Morgan fingerprint density at radius 1 is 1.17 bits per heavy atom. The molecule has 3 aromatic rings. The number of ether oxygens (including phenoxy) is 1. The van der Waals surface area contributed by atoms with E-state index in [1.807, 2.05) is 20.8 Å². The molecule has 1 aromatic carbocycles. The lowest BCUT2D eigenvalue weighted by atomic mass is 10.1. The average Bonchev–Trinajstić information content (AvgIpc) is 3.17. The topological polar surface area (TPSA) is 150 Å². The molecule has 5 N–H and O–H groups in total. The molecule has 2 aromatic heterocycles. The molecule has 11 nitrogen and oxygen atoms in total. The lowest BCUT2D eigenvalue weighted by molar-refractivity contribution is 0.271. The first-order valence-electron chi connectivity index (χ1n) is 9.71. The van der Waals surface area contributed by atoms with Crippen molar-refractivity contribution in [2.45, 2.75) is 45.8 Å². The number of rotatable bonds is 9. The second-order valence-corrected chi connectivity index (χ2v) is 7.11. The largest absolute Gasteiger partial charge is 0.504 e. The average molecular weight is 417 g/mol. The van der Waals surface area contributed by atoms with Crippen LogP contribution in [-0.2, 0) is 6.54 Å². The number of phenolic OH excluding ortho intramolecular Hbond substituents is 2. The smallest absolute Gasteiger partial charge is 0.227 e. The number of anilines is 2. The van der Waals surface area contributed by atoms with Crippen LogP contribution in [0.2, 0.25) is 0 Å². The summed E-state index contributed by atoms with van der Waals surface area (Å²) in [5.41, 5.74) is 1.47. The first-order chi connectivity index (χ1) is 14.4. The fourth-order valence-corrected chi connectivity index (χ4v) is 2.91. The van der Waals surface area contributed by atoms with Gasteiger partial charge >= 0.3 is 0 Å². The van der Waals surface area contributed by atoms with E-state index in [-0.39, 0.29) is 42.5 Å². The summed E-state index contributed by atoms with van der Waals surface area (Å²) in [7, 11) is 1.41. The maximum atomic E-state index is 10.2. The van der Waals surface area contributed by atoms with Crippen molar-refractivity contribution >= 4 is 22.9 Å². The summed E-state index contributed by atoms with van der Waals surface area (Å²) in [5, 5.41) is 44.4. The first-order valence-corrected chi connectivity index (χ1v) is 9.71. The molecule has 1 atom stereocenters. The Kier molecular flexibility index (Phi) is 6.40. The standard InChI is InChI=1S/C19H27N7O4/c1-5-12(9-27)21-19-22-17(14-18(23-19)26(10(2)3)25-24-14)20-8-11-6-7-13(30-4)16(29)15(11)28/h6-7,10,12,27-29H,5,8-9H2,1-4H3,(H2,20,21,22,23). The quantitative estimate of drug-likeness (QED) is 0.327. The molecule has 2 heterocycles. The van der Waals surface area contributed by atoms with Crippen molar-refractivity contribution in [3.8, 4) is 17.2 Å². The van der Waals surface area contributed by atoms with Gasteiger partial charge in [-0.2, -0.15) is 9.97 Å². The maximum Gasteiger partial charge on any atom is 0.227 e. The van der Waals surface area contributed by atoms with Gasteiger partial charge < -0.3 is 30.7 Å². The zero-order valence-electron chi connectivity index (χ0n) is 17.4. The predicted octanol–water partition coefficient (Wildman–Crippen LogP) is 2.02. The van der Waals surface area contributed by atoms with Crippen molar-refractivity contribution in [3.05, 3.63) is 17.7 Å². The minimum atomic E-state index is -0.327. The second kappa shape index (κ2) is 8.99. The van der Waals surface area contributed by atoms with Gasteiger partial charge in [0.25, 0.3) is 0 Å². The number of nitrogens with zero attached hydrogens (tertiary/aromatic N) is 5. The number of aliphatic hydroxyl groups is 1. The van der Waals surface area contributed by atoms with E-state index >= 15 is 0 Å². The Bertz CT molecular complexity index is 1020. The molecule has 0 saturated carbocycles. The second-order valence-electron chi connectivity index (χ2n) is 7.11. The summed E-state index contributed by atoms with van der Waals surface area (Å²) < 4.78 is 6.68. The van der Waals surface area contributed by atoms with E-state index in [1.54, 1.807) is 16.8 Å². The van der Waals surface area contributed by atoms with Crippen LogP contribution in [0.1, 0.15) is 38.8 Å². The number of fused-ring (bicyclic) bond motifs is 1. The van der Waals surface area contributed by atoms with E-state index in [0.29, 0.717) is 34.9 Å². The van der Waals surface area contributed by atoms with Crippen LogP contribution in [0.25, 0.3) is 11.2 Å². The summed E-state index contributed by atoms with van der Waals surface area (Å²) in [6, 6.07) is 3.05. The molecule has 1 unspecified atom stereocenters. The van der Waals surface area contributed by atoms with Gasteiger partial charge in [0.15, 0.2) is 28.5 Å². The Morgan fingerprint density at radius 3 is 2.57 bits per heavy atom. The molecule has 3 rings (SSSR count). The van der Waals surface area contributed by atoms with E-state index in [2.05, 4.69) is 30.9 Å². The maximum absolute atomic E-state index is 10.2. The Morgan fingerprint density at radius 2 is 1.93 bits per heavy atom. The molecule has 0 bridgehead atoms. The van der Waals surface area contributed by atoms with Gasteiger partial charge in [0.05, 0.1) is 25.8 Å². The van der Waals surface area contributed by atoms with Gasteiger partial charge in [-0.3, -0.25) is 0 Å². The van der Waals surface area contributed by atoms with Crippen LogP contribution in [0.15, 0.2) is 12.1 Å². The van der Waals surface area contributed by atoms with Gasteiger partial charge in [0.2, 0.25) is 11.7 Å². The van der Waals surface area contributed by atoms with Crippen LogP contribution >= 0.6 is 0 Å². The number of aromatic hydroxyl groups is 2. The molecular formula is C19H27N7O4. The van der Waals surface area contributed by atoms with E-state index in [9.17, 15) is 15.3 Å². The van der Waals surface area contributed by atoms with Gasteiger partial charge in [-0.25, -0.2) is 4.68 Å². The number of aliphatic hydroxyl groups excluding tert-OH is 1. The number of aromatic nitrogens is 5. The highest BCUT2D eigenvalue weighted by atomic mass is 16.5. The van der Waals surface area contributed by atoms with E-state index in [1.165, 1.54) is 7.11 Å². The zero-order chi connectivity index (χ0) is 21.8. The molecule has 0 amide bonds. The van der Waals surface area contributed by atoms with Crippen molar-refractivity contribution in [2.24, 2.45) is 0 Å². The lowest BCUT2D eigenvalue weighted by Gasteiger charge is -2.16. The normalized spacial score (nSPS) is 12.3. The van der Waals surface area contributed by atoms with Gasteiger partial charge in [-0.15, -0.1) is 5.10 Å². The minimum Gasteiger partial charge on any atom is -0.504 e. The van der Waals surface area contributed by atoms with E-state index in [4.69, 9.17) is 4.74 Å². The predicted molar refractivity (Wildman–Crippen MR) is 112 cm³/mol. The van der Waals surface area contributed by atoms with Crippen molar-refractivity contribution in [2.75, 3.05) is 24.4 Å². The molecule has 0 aliphatic carbocycles. The molecule has 0 aliphatic heterocycles. The first kappa shape index (κ1) is 21.4. The number of hydrogen-bond donors (Lipinski definition) is 5. The Hall–Kier alpha value is -3.34. The van der Waals surface area contributed by atoms with Crippen molar-refractivity contribution in [1.82, 2.24) is 25.0 Å². The van der Waals surface area contributed by atoms with Crippen molar-refractivity contribution in [1.29, 1.82) is 0 Å². The van der Waals surface area contributed by atoms with Gasteiger partial charge in [0.1, 0.15) is 0 Å². The molecule has 162 valence electrons. The van der Waals surface area contributed by atoms with Crippen LogP contribution in [-0.4, -0.2) is 60.0 Å². The molecule has 11 heteroatoms. The summed E-state index contributed by atoms with van der Waals surface area (Å²) in [5.74, 6) is 0.324. The van der Waals surface area contributed by atoms with Crippen LogP contribution in [0.4, 0.5) is 11.8 Å². The SMILES string of the molecule is CCC(CO)Nc1nc(NCc2ccc(OC)c(O)c2O)c2nnn(C(C)C)c2n1. The van der Waals surface area contributed by atoms with Gasteiger partial charge in [-0.1, -0.05) is 12.1 Å². The van der Waals surface area contributed by atoms with Crippen LogP contribution < -0.4 is 15.4 Å². The fourth-order valence-electron chi connectivity index (χ4n) is 2.91. The Balaban J connectivity index is 1.97. The van der Waals surface area contributed by atoms with Gasteiger partial charge in [-0.05, 0) is 32.4 Å². The summed E-state index contributed by atoms with van der Waals surface area (Å²) >= 11 is 0. The summed E-state index contributed by atoms with van der Waals surface area (Å²) in [6.07, 6.45) is 0.696. The Labute approximate surface area is 173 Å². The van der Waals surface area contributed by atoms with Crippen LogP contribution in [0.5, 0.6) is 17.2 Å². The van der Waals surface area contributed by atoms with E-state index < -0.39 is 0 Å². The highest BCUT2D eigenvalue weighted by molar-refractivity contribution is 5.83. The van der Waals surface area contributed by atoms with Crippen LogP contribution in [0.3, 0.4) is 0 Å². The number of hydrogen-bond acceptors (Lipinski definition) is 10. The third-order valence-electron chi connectivity index (χ3n) is 4.72. The molecule has 0 radical (unpaired) electrons. The fraction of sp³-hybridized carbons (Fsp3) is 0.474. The third kappa shape index (κ3) is 4.15. The molecule has 0 spiro atoms. The molecule has 0 aliphatic rings. The summed E-state index contributed by atoms with van der Waals surface area (Å²) in [4.78, 5) is 9.00. The number of methoxy groups -OCH3 is 1. The van der Waals surface area contributed by atoms with Crippen LogP contribution in [0, 0.1) is 0 Å². The molecule has 0 saturated heterocycles. The molecular weight excluding hydrogens is 390 g/mol. The van der Waals surface area contributed by atoms with Gasteiger partial charge in [0, 0.05) is 12.1 Å². The number of nitrogens with one attached hydrogen (secondary N) is 2. The highest BCUT2D eigenvalue weighted by Crippen LogP contribution is 2.38. The number of benzene rings is 1. The number of phenols is 2. The van der Waals surface area contributed by atoms with E-state index in [0.717, 1.165) is 0 Å². The van der Waals surface area contributed by atoms with Crippen molar-refractivity contribution < 1.29 is 20.1 Å². The summed E-state index contributed by atoms with van der Waals surface area (Å²) in [6.45, 7) is 6.00. The zero-order valence-corrected chi connectivity index (χ0v) is 17.4. The minimum absolute atomic E-state index is 0.0352. The molecule has 30 heavy (non-hydrogen) atoms. The molecule has 0 fully saturated rings. The van der Waals surface area contributed by atoms with Crippen molar-refractivity contribution in [3.63, 3.8) is 0 Å². The lowest BCUT2D eigenvalue weighted by Crippen LogP contribution is -2.24. The monoisotopic (exact) mass is 417 g/mol. The highest BCUT2D eigenvalue weighted by Gasteiger charge is 2.19.